The fourth-order valence-electron chi connectivity index (χ4n) is 1.32. The summed E-state index contributed by atoms with van der Waals surface area (Å²) < 4.78 is 0. The Hall–Kier alpha value is -1.82. The normalized spacial score (nSPS) is 10.2. The molecule has 2 rings (SSSR count). The van der Waals surface area contributed by atoms with Crippen LogP contribution in [-0.4, -0.2) is 22.6 Å². The van der Waals surface area contributed by atoms with Gasteiger partial charge in [0, 0.05) is 6.54 Å². The lowest BCUT2D eigenvalue weighted by molar-refractivity contribution is 0.0950. The van der Waals surface area contributed by atoms with Crippen molar-refractivity contribution in [3.8, 4) is 0 Å². The van der Waals surface area contributed by atoms with Gasteiger partial charge >= 0.3 is 0 Å². The number of nitrogens with one attached hydrogen (secondary N) is 2. The standard InChI is InChI=1S/C10H12N4OS/c11-8-5-13-14-9(8)10(15)12-3-1-7-2-4-16-6-7/h2,4-6H,1,3,11H2,(H,12,15)(H,13,14). The average molecular weight is 236 g/mol. The number of nitrogens with two attached hydrogens (primary N) is 1. The largest absolute Gasteiger partial charge is 0.396 e. The average Bonchev–Trinajstić information content (AvgIpc) is 2.88. The molecule has 1 amide bonds. The molecule has 0 aromatic carbocycles. The Kier molecular flexibility index (Phi) is 3.21. The van der Waals surface area contributed by atoms with E-state index in [0.29, 0.717) is 17.9 Å². The minimum atomic E-state index is -0.217. The highest BCUT2D eigenvalue weighted by atomic mass is 32.1. The van der Waals surface area contributed by atoms with Crippen molar-refractivity contribution in [3.63, 3.8) is 0 Å². The van der Waals surface area contributed by atoms with E-state index in [1.165, 1.54) is 11.8 Å². The third kappa shape index (κ3) is 2.40. The van der Waals surface area contributed by atoms with Crippen LogP contribution in [0.4, 0.5) is 5.69 Å². The molecule has 0 saturated heterocycles. The Balaban J connectivity index is 1.83. The fraction of sp³-hybridized carbons (Fsp3) is 0.200. The van der Waals surface area contributed by atoms with Gasteiger partial charge in [-0.25, -0.2) is 0 Å². The SMILES string of the molecule is Nc1cn[nH]c1C(=O)NCCc1ccsc1. The zero-order valence-corrected chi connectivity index (χ0v) is 9.38. The number of nitrogens with zero attached hydrogens (tertiary/aromatic N) is 1. The summed E-state index contributed by atoms with van der Waals surface area (Å²) in [6, 6.07) is 2.04. The molecule has 0 aliphatic heterocycles. The Morgan fingerprint density at radius 1 is 1.62 bits per heavy atom. The lowest BCUT2D eigenvalue weighted by Crippen LogP contribution is -2.26. The highest BCUT2D eigenvalue weighted by molar-refractivity contribution is 7.07. The summed E-state index contributed by atoms with van der Waals surface area (Å²) in [7, 11) is 0. The number of nitrogen functional groups attached to an aromatic ring is 1. The van der Waals surface area contributed by atoms with Crippen LogP contribution in [-0.2, 0) is 6.42 Å². The van der Waals surface area contributed by atoms with E-state index in [-0.39, 0.29) is 5.91 Å². The van der Waals surface area contributed by atoms with Crippen LogP contribution in [0.3, 0.4) is 0 Å². The van der Waals surface area contributed by atoms with Gasteiger partial charge in [-0.2, -0.15) is 16.4 Å². The number of H-pyrrole nitrogens is 1. The maximum Gasteiger partial charge on any atom is 0.271 e. The van der Waals surface area contributed by atoms with E-state index in [0.717, 1.165) is 6.42 Å². The lowest BCUT2D eigenvalue weighted by Gasteiger charge is -2.02. The van der Waals surface area contributed by atoms with Crippen molar-refractivity contribution in [1.82, 2.24) is 15.5 Å². The van der Waals surface area contributed by atoms with Crippen molar-refractivity contribution in [2.75, 3.05) is 12.3 Å². The Bertz CT molecular complexity index is 463. The zero-order valence-electron chi connectivity index (χ0n) is 8.56. The summed E-state index contributed by atoms with van der Waals surface area (Å²) in [4.78, 5) is 11.6. The molecule has 2 aromatic rings. The molecule has 0 spiro atoms. The van der Waals surface area contributed by atoms with Crippen molar-refractivity contribution in [2.24, 2.45) is 0 Å². The van der Waals surface area contributed by atoms with Gasteiger partial charge in [0.1, 0.15) is 5.69 Å². The van der Waals surface area contributed by atoms with Gasteiger partial charge in [0.25, 0.3) is 5.91 Å². The van der Waals surface area contributed by atoms with Crippen molar-refractivity contribution in [3.05, 3.63) is 34.3 Å². The minimum absolute atomic E-state index is 0.217. The molecule has 0 fully saturated rings. The third-order valence-corrected chi connectivity index (χ3v) is 2.91. The minimum Gasteiger partial charge on any atom is -0.396 e. The van der Waals surface area contributed by atoms with Gasteiger partial charge in [0.2, 0.25) is 0 Å². The van der Waals surface area contributed by atoms with Gasteiger partial charge in [0.05, 0.1) is 11.9 Å². The summed E-state index contributed by atoms with van der Waals surface area (Å²) in [5, 5.41) is 13.1. The first-order valence-corrected chi connectivity index (χ1v) is 5.80. The van der Waals surface area contributed by atoms with Crippen molar-refractivity contribution < 1.29 is 4.79 Å². The Morgan fingerprint density at radius 2 is 2.50 bits per heavy atom. The molecule has 0 atom stereocenters. The second-order valence-electron chi connectivity index (χ2n) is 3.34. The predicted molar refractivity (Wildman–Crippen MR) is 63.4 cm³/mol. The van der Waals surface area contributed by atoms with Crippen molar-refractivity contribution >= 4 is 22.9 Å². The first-order chi connectivity index (χ1) is 7.77. The number of hydrogen-bond donors (Lipinski definition) is 3. The highest BCUT2D eigenvalue weighted by Crippen LogP contribution is 2.07. The number of carbonyl (C=O) groups is 1. The molecule has 0 saturated carbocycles. The van der Waals surface area contributed by atoms with E-state index in [1.807, 2.05) is 11.4 Å². The smallest absolute Gasteiger partial charge is 0.271 e. The molecule has 0 aliphatic rings. The highest BCUT2D eigenvalue weighted by Gasteiger charge is 2.10. The summed E-state index contributed by atoms with van der Waals surface area (Å²) in [6.45, 7) is 0.591. The molecular weight excluding hydrogens is 224 g/mol. The number of aromatic amines is 1. The molecule has 0 bridgehead atoms. The van der Waals surface area contributed by atoms with Crippen LogP contribution in [0.1, 0.15) is 16.1 Å². The predicted octanol–water partition coefficient (Wildman–Crippen LogP) is 1.03. The number of anilines is 1. The van der Waals surface area contributed by atoms with E-state index < -0.39 is 0 Å². The van der Waals surface area contributed by atoms with Gasteiger partial charge in [-0.1, -0.05) is 0 Å². The van der Waals surface area contributed by atoms with Crippen LogP contribution in [0.15, 0.2) is 23.0 Å². The van der Waals surface area contributed by atoms with Gasteiger partial charge in [-0.15, -0.1) is 0 Å². The van der Waals surface area contributed by atoms with Crippen LogP contribution in [0.5, 0.6) is 0 Å². The molecule has 5 nitrogen and oxygen atoms in total. The van der Waals surface area contributed by atoms with E-state index in [9.17, 15) is 4.79 Å². The van der Waals surface area contributed by atoms with Crippen molar-refractivity contribution in [1.29, 1.82) is 0 Å². The number of rotatable bonds is 4. The fourth-order valence-corrected chi connectivity index (χ4v) is 2.02. The molecule has 4 N–H and O–H groups in total. The second-order valence-corrected chi connectivity index (χ2v) is 4.12. The Morgan fingerprint density at radius 3 is 3.12 bits per heavy atom. The molecule has 0 aliphatic carbocycles. The van der Waals surface area contributed by atoms with E-state index in [2.05, 4.69) is 20.9 Å². The van der Waals surface area contributed by atoms with Crippen LogP contribution in [0.25, 0.3) is 0 Å². The zero-order chi connectivity index (χ0) is 11.4. The molecule has 84 valence electrons. The van der Waals surface area contributed by atoms with E-state index in [4.69, 9.17) is 5.73 Å². The quantitative estimate of drug-likeness (QED) is 0.741. The molecule has 0 unspecified atom stereocenters. The maximum atomic E-state index is 11.6. The second kappa shape index (κ2) is 4.80. The number of carbonyl (C=O) groups excluding carboxylic acids is 1. The monoisotopic (exact) mass is 236 g/mol. The first kappa shape index (κ1) is 10.7. The van der Waals surface area contributed by atoms with Gasteiger partial charge in [-0.3, -0.25) is 9.89 Å². The topological polar surface area (TPSA) is 83.8 Å². The maximum absolute atomic E-state index is 11.6. The van der Waals surface area contributed by atoms with E-state index >= 15 is 0 Å². The molecule has 6 heteroatoms. The Labute approximate surface area is 96.7 Å². The van der Waals surface area contributed by atoms with Crippen LogP contribution >= 0.6 is 11.3 Å². The van der Waals surface area contributed by atoms with Gasteiger partial charge < -0.3 is 11.1 Å². The molecule has 2 aromatic heterocycles. The molecule has 2 heterocycles. The molecule has 16 heavy (non-hydrogen) atoms. The van der Waals surface area contributed by atoms with Gasteiger partial charge in [0.15, 0.2) is 0 Å². The molecular formula is C10H12N4OS. The third-order valence-electron chi connectivity index (χ3n) is 2.18. The van der Waals surface area contributed by atoms with Crippen molar-refractivity contribution in [2.45, 2.75) is 6.42 Å². The number of hydrogen-bond acceptors (Lipinski definition) is 4. The van der Waals surface area contributed by atoms with Crippen LogP contribution in [0, 0.1) is 0 Å². The van der Waals surface area contributed by atoms with Crippen LogP contribution in [0.2, 0.25) is 0 Å². The van der Waals surface area contributed by atoms with E-state index in [1.54, 1.807) is 11.3 Å². The summed E-state index contributed by atoms with van der Waals surface area (Å²) in [6.07, 6.45) is 2.25. The van der Waals surface area contributed by atoms with Gasteiger partial charge in [-0.05, 0) is 28.8 Å². The summed E-state index contributed by atoms with van der Waals surface area (Å²) in [5.41, 5.74) is 7.47. The number of amides is 1. The first-order valence-electron chi connectivity index (χ1n) is 4.85. The summed E-state index contributed by atoms with van der Waals surface area (Å²) >= 11 is 1.65. The number of aromatic nitrogens is 2. The summed E-state index contributed by atoms with van der Waals surface area (Å²) in [5.74, 6) is -0.217. The number of thiophene rings is 1. The molecule has 0 radical (unpaired) electrons. The lowest BCUT2D eigenvalue weighted by atomic mass is 10.2. The van der Waals surface area contributed by atoms with Crippen LogP contribution < -0.4 is 11.1 Å².